The highest BCUT2D eigenvalue weighted by Crippen LogP contribution is 2.32. The first kappa shape index (κ1) is 13.5. The lowest BCUT2D eigenvalue weighted by Gasteiger charge is -2.33. The average Bonchev–Trinajstić information content (AvgIpc) is 2.51. The van der Waals surface area contributed by atoms with Crippen LogP contribution in [0.25, 0.3) is 0 Å². The fourth-order valence-electron chi connectivity index (χ4n) is 2.73. The Hall–Kier alpha value is -2.49. The number of hydrogen-bond donors (Lipinski definition) is 2. The summed E-state index contributed by atoms with van der Waals surface area (Å²) in [5.74, 6) is 0. The molecular weight excluding hydrogens is 262 g/mol. The van der Waals surface area contributed by atoms with Gasteiger partial charge in [-0.25, -0.2) is 4.79 Å². The Balaban J connectivity index is 1.71. The molecule has 2 aromatic rings. The summed E-state index contributed by atoms with van der Waals surface area (Å²) in [6.07, 6.45) is 0.912. The van der Waals surface area contributed by atoms with Gasteiger partial charge in [0, 0.05) is 25.0 Å². The Labute approximate surface area is 124 Å². The van der Waals surface area contributed by atoms with E-state index in [0.717, 1.165) is 18.7 Å². The molecule has 1 aliphatic rings. The van der Waals surface area contributed by atoms with Crippen molar-refractivity contribution >= 4 is 17.4 Å². The van der Waals surface area contributed by atoms with E-state index in [9.17, 15) is 4.79 Å². The summed E-state index contributed by atoms with van der Waals surface area (Å²) in [7, 11) is 2.08. The van der Waals surface area contributed by atoms with E-state index in [1.807, 2.05) is 42.5 Å². The molecule has 1 atom stereocenters. The minimum atomic E-state index is -0.162. The second kappa shape index (κ2) is 5.87. The van der Waals surface area contributed by atoms with Crippen molar-refractivity contribution in [3.05, 3.63) is 60.2 Å². The quantitative estimate of drug-likeness (QED) is 0.886. The van der Waals surface area contributed by atoms with Crippen LogP contribution in [0.2, 0.25) is 0 Å². The third-order valence-electron chi connectivity index (χ3n) is 3.81. The maximum Gasteiger partial charge on any atom is 0.319 e. The van der Waals surface area contributed by atoms with E-state index in [-0.39, 0.29) is 12.1 Å². The van der Waals surface area contributed by atoms with Crippen molar-refractivity contribution < 1.29 is 4.79 Å². The monoisotopic (exact) mass is 281 g/mol. The summed E-state index contributed by atoms with van der Waals surface area (Å²) in [4.78, 5) is 14.4. The molecule has 108 valence electrons. The molecule has 3 rings (SSSR count). The van der Waals surface area contributed by atoms with Crippen molar-refractivity contribution in [3.63, 3.8) is 0 Å². The van der Waals surface area contributed by atoms with Gasteiger partial charge in [0.1, 0.15) is 0 Å². The number of urea groups is 1. The van der Waals surface area contributed by atoms with Gasteiger partial charge in [0.15, 0.2) is 0 Å². The Morgan fingerprint density at radius 1 is 1.10 bits per heavy atom. The number of hydrogen-bond acceptors (Lipinski definition) is 2. The molecule has 2 amide bonds. The Kier molecular flexibility index (Phi) is 3.77. The van der Waals surface area contributed by atoms with Crippen molar-refractivity contribution in [3.8, 4) is 0 Å². The van der Waals surface area contributed by atoms with Gasteiger partial charge < -0.3 is 15.5 Å². The van der Waals surface area contributed by atoms with Crippen molar-refractivity contribution in [1.82, 2.24) is 5.32 Å². The normalized spacial score (nSPS) is 17.0. The number of nitrogens with zero attached hydrogens (tertiary/aromatic N) is 1. The zero-order valence-electron chi connectivity index (χ0n) is 12.0. The van der Waals surface area contributed by atoms with E-state index < -0.39 is 0 Å². The number of anilines is 2. The minimum Gasteiger partial charge on any atom is -0.374 e. The fourth-order valence-corrected chi connectivity index (χ4v) is 2.73. The number of carbonyl (C=O) groups is 1. The first-order valence-corrected chi connectivity index (χ1v) is 7.16. The van der Waals surface area contributed by atoms with Crippen LogP contribution in [0.15, 0.2) is 54.6 Å². The SMILES string of the molecule is CN1CCC(NC(=O)Nc2ccccc2)c2ccccc21. The van der Waals surface area contributed by atoms with Crippen molar-refractivity contribution in [2.75, 3.05) is 23.8 Å². The zero-order valence-corrected chi connectivity index (χ0v) is 12.0. The molecule has 0 aliphatic carbocycles. The summed E-state index contributed by atoms with van der Waals surface area (Å²) >= 11 is 0. The van der Waals surface area contributed by atoms with Gasteiger partial charge in [-0.15, -0.1) is 0 Å². The summed E-state index contributed by atoms with van der Waals surface area (Å²) in [5, 5.41) is 5.93. The van der Waals surface area contributed by atoms with Crippen LogP contribution in [0.1, 0.15) is 18.0 Å². The number of para-hydroxylation sites is 2. The molecule has 1 aliphatic heterocycles. The summed E-state index contributed by atoms with van der Waals surface area (Å²) < 4.78 is 0. The zero-order chi connectivity index (χ0) is 14.7. The van der Waals surface area contributed by atoms with Crippen LogP contribution in [0.3, 0.4) is 0 Å². The van der Waals surface area contributed by atoms with Crippen LogP contribution in [0.5, 0.6) is 0 Å². The smallest absolute Gasteiger partial charge is 0.319 e. The highest BCUT2D eigenvalue weighted by molar-refractivity contribution is 5.89. The molecule has 0 bridgehead atoms. The van der Waals surface area contributed by atoms with Crippen LogP contribution in [-0.4, -0.2) is 19.6 Å². The Bertz CT molecular complexity index is 627. The molecule has 1 unspecified atom stereocenters. The number of carbonyl (C=O) groups excluding carboxylic acids is 1. The summed E-state index contributed by atoms with van der Waals surface area (Å²) in [6, 6.07) is 17.6. The van der Waals surface area contributed by atoms with Crippen LogP contribution in [-0.2, 0) is 0 Å². The number of nitrogens with one attached hydrogen (secondary N) is 2. The van der Waals surface area contributed by atoms with Crippen molar-refractivity contribution in [1.29, 1.82) is 0 Å². The van der Waals surface area contributed by atoms with Crippen LogP contribution in [0, 0.1) is 0 Å². The van der Waals surface area contributed by atoms with Gasteiger partial charge in [-0.2, -0.15) is 0 Å². The molecule has 2 aromatic carbocycles. The highest BCUT2D eigenvalue weighted by Gasteiger charge is 2.23. The molecule has 0 saturated carbocycles. The Morgan fingerprint density at radius 2 is 1.81 bits per heavy atom. The lowest BCUT2D eigenvalue weighted by Crippen LogP contribution is -2.38. The molecule has 2 N–H and O–H groups in total. The lowest BCUT2D eigenvalue weighted by atomic mass is 9.97. The predicted octanol–water partition coefficient (Wildman–Crippen LogP) is 3.39. The van der Waals surface area contributed by atoms with E-state index in [2.05, 4.69) is 34.7 Å². The summed E-state index contributed by atoms with van der Waals surface area (Å²) in [5.41, 5.74) is 3.17. The predicted molar refractivity (Wildman–Crippen MR) is 85.7 cm³/mol. The number of amides is 2. The molecule has 0 saturated heterocycles. The number of fused-ring (bicyclic) bond motifs is 1. The van der Waals surface area contributed by atoms with Crippen LogP contribution in [0.4, 0.5) is 16.2 Å². The molecule has 4 heteroatoms. The molecule has 0 fully saturated rings. The third kappa shape index (κ3) is 2.99. The number of rotatable bonds is 2. The highest BCUT2D eigenvalue weighted by atomic mass is 16.2. The second-order valence-corrected chi connectivity index (χ2v) is 5.29. The van der Waals surface area contributed by atoms with Gasteiger partial charge in [-0.05, 0) is 30.2 Å². The minimum absolute atomic E-state index is 0.0566. The van der Waals surface area contributed by atoms with Gasteiger partial charge in [-0.3, -0.25) is 0 Å². The van der Waals surface area contributed by atoms with E-state index in [1.165, 1.54) is 11.3 Å². The maximum absolute atomic E-state index is 12.1. The maximum atomic E-state index is 12.1. The second-order valence-electron chi connectivity index (χ2n) is 5.29. The first-order valence-electron chi connectivity index (χ1n) is 7.16. The van der Waals surface area contributed by atoms with E-state index >= 15 is 0 Å². The van der Waals surface area contributed by atoms with Gasteiger partial charge in [-0.1, -0.05) is 36.4 Å². The number of benzene rings is 2. The van der Waals surface area contributed by atoms with E-state index in [4.69, 9.17) is 0 Å². The largest absolute Gasteiger partial charge is 0.374 e. The van der Waals surface area contributed by atoms with E-state index in [0.29, 0.717) is 0 Å². The van der Waals surface area contributed by atoms with Crippen molar-refractivity contribution in [2.24, 2.45) is 0 Å². The van der Waals surface area contributed by atoms with Gasteiger partial charge in [0.05, 0.1) is 6.04 Å². The average molecular weight is 281 g/mol. The molecule has 0 aromatic heterocycles. The molecule has 0 spiro atoms. The third-order valence-corrected chi connectivity index (χ3v) is 3.81. The standard InChI is InChI=1S/C17H19N3O/c1-20-12-11-15(14-9-5-6-10-16(14)20)19-17(21)18-13-7-3-2-4-8-13/h2-10,15H,11-12H2,1H3,(H2,18,19,21). The molecule has 21 heavy (non-hydrogen) atoms. The molecule has 1 heterocycles. The molecule has 0 radical (unpaired) electrons. The van der Waals surface area contributed by atoms with Crippen LogP contribution < -0.4 is 15.5 Å². The van der Waals surface area contributed by atoms with Gasteiger partial charge >= 0.3 is 6.03 Å². The topological polar surface area (TPSA) is 44.4 Å². The lowest BCUT2D eigenvalue weighted by molar-refractivity contribution is 0.247. The van der Waals surface area contributed by atoms with Gasteiger partial charge in [0.2, 0.25) is 0 Å². The Morgan fingerprint density at radius 3 is 2.62 bits per heavy atom. The first-order chi connectivity index (χ1) is 10.2. The summed E-state index contributed by atoms with van der Waals surface area (Å²) in [6.45, 7) is 0.938. The molecule has 4 nitrogen and oxygen atoms in total. The fraction of sp³-hybridized carbons (Fsp3) is 0.235. The van der Waals surface area contributed by atoms with Crippen LogP contribution >= 0.6 is 0 Å². The van der Waals surface area contributed by atoms with E-state index in [1.54, 1.807) is 0 Å². The van der Waals surface area contributed by atoms with Gasteiger partial charge in [0.25, 0.3) is 0 Å². The molecular formula is C17H19N3O. The van der Waals surface area contributed by atoms with Crippen molar-refractivity contribution in [2.45, 2.75) is 12.5 Å².